The van der Waals surface area contributed by atoms with Gasteiger partial charge in [-0.05, 0) is 12.5 Å². The molecule has 5 heteroatoms. The molecule has 1 atom stereocenters. The maximum Gasteiger partial charge on any atom is 0.326 e. The van der Waals surface area contributed by atoms with Crippen molar-refractivity contribution in [1.29, 1.82) is 0 Å². The van der Waals surface area contributed by atoms with Crippen LogP contribution in [0.3, 0.4) is 0 Å². The molecule has 1 aromatic rings. The molecular weight excluding hydrogens is 234 g/mol. The van der Waals surface area contributed by atoms with Crippen LogP contribution in [0.5, 0.6) is 0 Å². The molecule has 0 amide bonds. The van der Waals surface area contributed by atoms with Crippen LogP contribution in [0.25, 0.3) is 0 Å². The molecule has 0 N–H and O–H groups in total. The zero-order chi connectivity index (χ0) is 13.5. The van der Waals surface area contributed by atoms with Crippen LogP contribution in [-0.2, 0) is 25.7 Å². The van der Waals surface area contributed by atoms with E-state index in [9.17, 15) is 9.59 Å². The van der Waals surface area contributed by atoms with Gasteiger partial charge >= 0.3 is 11.9 Å². The number of carbonyl (C=O) groups is 2. The van der Waals surface area contributed by atoms with Crippen LogP contribution < -0.4 is 0 Å². The molecule has 0 saturated heterocycles. The third kappa shape index (κ3) is 4.18. The average molecular weight is 251 g/mol. The van der Waals surface area contributed by atoms with Crippen molar-refractivity contribution in [3.8, 4) is 0 Å². The van der Waals surface area contributed by atoms with E-state index in [0.29, 0.717) is 6.54 Å². The molecule has 98 valence electrons. The molecule has 0 spiro atoms. The van der Waals surface area contributed by atoms with E-state index in [2.05, 4.69) is 4.74 Å². The number of esters is 1. The van der Waals surface area contributed by atoms with Gasteiger partial charge in [-0.3, -0.25) is 9.59 Å². The molecule has 18 heavy (non-hydrogen) atoms. The van der Waals surface area contributed by atoms with Crippen LogP contribution in [-0.4, -0.2) is 30.2 Å². The van der Waals surface area contributed by atoms with E-state index in [-0.39, 0.29) is 0 Å². The van der Waals surface area contributed by atoms with Gasteiger partial charge in [-0.25, -0.2) is 0 Å². The van der Waals surface area contributed by atoms with Gasteiger partial charge < -0.3 is 9.57 Å². The van der Waals surface area contributed by atoms with Gasteiger partial charge in [-0.1, -0.05) is 30.3 Å². The van der Waals surface area contributed by atoms with E-state index >= 15 is 0 Å². The van der Waals surface area contributed by atoms with Crippen molar-refractivity contribution in [2.24, 2.45) is 0 Å². The topological polar surface area (TPSA) is 55.8 Å². The highest BCUT2D eigenvalue weighted by Gasteiger charge is 2.24. The van der Waals surface area contributed by atoms with Gasteiger partial charge in [-0.2, -0.15) is 0 Å². The van der Waals surface area contributed by atoms with Crippen LogP contribution in [0, 0.1) is 0 Å². The highest BCUT2D eigenvalue weighted by molar-refractivity contribution is 5.75. The van der Waals surface area contributed by atoms with Gasteiger partial charge in [0.1, 0.15) is 6.04 Å². The third-order valence-electron chi connectivity index (χ3n) is 2.40. The Balaban J connectivity index is 2.78. The number of methoxy groups -OCH3 is 1. The smallest absolute Gasteiger partial charge is 0.326 e. The Hall–Kier alpha value is -1.88. The van der Waals surface area contributed by atoms with Crippen LogP contribution in [0.4, 0.5) is 0 Å². The fourth-order valence-electron chi connectivity index (χ4n) is 1.46. The van der Waals surface area contributed by atoms with Crippen LogP contribution in [0.1, 0.15) is 19.4 Å². The predicted octanol–water partition coefficient (Wildman–Crippen LogP) is 1.53. The molecule has 5 nitrogen and oxygen atoms in total. The lowest BCUT2D eigenvalue weighted by Gasteiger charge is -2.25. The summed E-state index contributed by atoms with van der Waals surface area (Å²) >= 11 is 0. The lowest BCUT2D eigenvalue weighted by Crippen LogP contribution is -2.40. The molecule has 0 aliphatic heterocycles. The molecule has 0 saturated carbocycles. The molecule has 0 aliphatic rings. The Bertz CT molecular complexity index is 405. The van der Waals surface area contributed by atoms with Gasteiger partial charge in [0.15, 0.2) is 0 Å². The number of carbonyl (C=O) groups excluding carboxylic acids is 2. The Kier molecular flexibility index (Phi) is 5.32. The van der Waals surface area contributed by atoms with Crippen LogP contribution in [0.2, 0.25) is 0 Å². The second-order valence-corrected chi connectivity index (χ2v) is 3.84. The fraction of sp³-hybridized carbons (Fsp3) is 0.385. The van der Waals surface area contributed by atoms with Crippen molar-refractivity contribution >= 4 is 11.9 Å². The van der Waals surface area contributed by atoms with E-state index < -0.39 is 18.0 Å². The number of ether oxygens (including phenoxy) is 1. The minimum Gasteiger partial charge on any atom is -0.468 e. The molecule has 0 aliphatic carbocycles. The minimum absolute atomic E-state index is 0.330. The number of hydroxylamine groups is 2. The third-order valence-corrected chi connectivity index (χ3v) is 2.40. The van der Waals surface area contributed by atoms with Crippen molar-refractivity contribution in [2.75, 3.05) is 7.11 Å². The normalized spacial score (nSPS) is 12.0. The van der Waals surface area contributed by atoms with Crippen LogP contribution >= 0.6 is 0 Å². The molecule has 1 aromatic carbocycles. The molecule has 0 bridgehead atoms. The summed E-state index contributed by atoms with van der Waals surface area (Å²) in [5.74, 6) is -0.922. The number of nitrogens with zero attached hydrogens (tertiary/aromatic N) is 1. The maximum absolute atomic E-state index is 11.5. The van der Waals surface area contributed by atoms with Crippen molar-refractivity contribution in [3.63, 3.8) is 0 Å². The highest BCUT2D eigenvalue weighted by Crippen LogP contribution is 2.10. The number of rotatable bonds is 5. The molecule has 0 radical (unpaired) electrons. The van der Waals surface area contributed by atoms with Crippen molar-refractivity contribution in [3.05, 3.63) is 35.9 Å². The SMILES string of the molecule is COC(=O)[C@@H](C)N(Cc1ccccc1)OC(C)=O. The number of benzene rings is 1. The number of hydrogen-bond acceptors (Lipinski definition) is 5. The van der Waals surface area contributed by atoms with E-state index in [4.69, 9.17) is 4.84 Å². The second-order valence-electron chi connectivity index (χ2n) is 3.84. The van der Waals surface area contributed by atoms with Gasteiger partial charge in [0.05, 0.1) is 13.7 Å². The standard InChI is InChI=1S/C13H17NO4/c1-10(13(16)17-3)14(18-11(2)15)9-12-7-5-4-6-8-12/h4-8,10H,9H2,1-3H3/t10-/m1/s1. The molecule has 0 heterocycles. The van der Waals surface area contributed by atoms with E-state index in [0.717, 1.165) is 5.56 Å². The van der Waals surface area contributed by atoms with Crippen molar-refractivity contribution in [1.82, 2.24) is 5.06 Å². The maximum atomic E-state index is 11.5. The molecule has 0 unspecified atom stereocenters. The highest BCUT2D eigenvalue weighted by atomic mass is 16.7. The second kappa shape index (κ2) is 6.76. The zero-order valence-corrected chi connectivity index (χ0v) is 10.8. The first-order valence-corrected chi connectivity index (χ1v) is 5.61. The largest absolute Gasteiger partial charge is 0.468 e. The van der Waals surface area contributed by atoms with Crippen molar-refractivity contribution < 1.29 is 19.2 Å². The summed E-state index contributed by atoms with van der Waals surface area (Å²) in [4.78, 5) is 27.5. The average Bonchev–Trinajstić information content (AvgIpc) is 2.37. The Morgan fingerprint density at radius 3 is 2.39 bits per heavy atom. The summed E-state index contributed by atoms with van der Waals surface area (Å²) in [6.45, 7) is 3.25. The first-order chi connectivity index (χ1) is 8.54. The number of hydrogen-bond donors (Lipinski definition) is 0. The summed E-state index contributed by atoms with van der Waals surface area (Å²) in [7, 11) is 1.30. The summed E-state index contributed by atoms with van der Waals surface area (Å²) in [6.07, 6.45) is 0. The minimum atomic E-state index is -0.654. The van der Waals surface area contributed by atoms with Gasteiger partial charge in [0.2, 0.25) is 0 Å². The van der Waals surface area contributed by atoms with E-state index in [1.807, 2.05) is 30.3 Å². The molecule has 1 rings (SSSR count). The Morgan fingerprint density at radius 2 is 1.89 bits per heavy atom. The summed E-state index contributed by atoms with van der Waals surface area (Å²) in [6, 6.07) is 8.78. The summed E-state index contributed by atoms with van der Waals surface area (Å²) in [5, 5.41) is 1.31. The van der Waals surface area contributed by atoms with E-state index in [1.165, 1.54) is 19.1 Å². The summed E-state index contributed by atoms with van der Waals surface area (Å²) < 4.78 is 4.64. The predicted molar refractivity (Wildman–Crippen MR) is 65.2 cm³/mol. The monoisotopic (exact) mass is 251 g/mol. The fourth-order valence-corrected chi connectivity index (χ4v) is 1.46. The summed E-state index contributed by atoms with van der Waals surface area (Å²) in [5.41, 5.74) is 0.939. The van der Waals surface area contributed by atoms with Gasteiger partial charge in [0.25, 0.3) is 0 Å². The quantitative estimate of drug-likeness (QED) is 0.586. The zero-order valence-electron chi connectivity index (χ0n) is 10.8. The van der Waals surface area contributed by atoms with Gasteiger partial charge in [-0.15, -0.1) is 5.06 Å². The van der Waals surface area contributed by atoms with Crippen molar-refractivity contribution in [2.45, 2.75) is 26.4 Å². The van der Waals surface area contributed by atoms with Gasteiger partial charge in [0, 0.05) is 6.92 Å². The first-order valence-electron chi connectivity index (χ1n) is 5.61. The molecular formula is C13H17NO4. The van der Waals surface area contributed by atoms with Crippen LogP contribution in [0.15, 0.2) is 30.3 Å². The lowest BCUT2D eigenvalue weighted by atomic mass is 10.2. The lowest BCUT2D eigenvalue weighted by molar-refractivity contribution is -0.207. The first kappa shape index (κ1) is 14.2. The molecule has 0 aromatic heterocycles. The molecule has 0 fully saturated rings. The Morgan fingerprint density at radius 1 is 1.28 bits per heavy atom. The Labute approximate surface area is 106 Å². The van der Waals surface area contributed by atoms with E-state index in [1.54, 1.807) is 6.92 Å².